The van der Waals surface area contributed by atoms with Crippen LogP contribution in [0.3, 0.4) is 0 Å². The molecule has 0 N–H and O–H groups in total. The van der Waals surface area contributed by atoms with Crippen LogP contribution in [-0.2, 0) is 9.98 Å². The number of benzene rings is 7. The van der Waals surface area contributed by atoms with Gasteiger partial charge in [-0.1, -0.05) is 146 Å². The van der Waals surface area contributed by atoms with E-state index in [-0.39, 0.29) is 0 Å². The zero-order valence-electron chi connectivity index (χ0n) is 25.4. The maximum absolute atomic E-state index is 12.5. The molecule has 2 heteroatoms. The van der Waals surface area contributed by atoms with Crippen LogP contribution in [0.15, 0.2) is 164 Å². The first-order valence-corrected chi connectivity index (χ1v) is 18.1. The Morgan fingerprint density at radius 2 is 0.867 bits per heavy atom. The van der Waals surface area contributed by atoms with Crippen molar-refractivity contribution in [3.05, 3.63) is 186 Å². The molecule has 0 saturated carbocycles. The molecule has 0 atom stereocenters. The molecule has 7 aromatic rings. The molecule has 0 bridgehead atoms. The highest BCUT2D eigenvalue weighted by Gasteiger charge is 2.46. The first-order valence-electron chi connectivity index (χ1n) is 15.5. The molecule has 0 aliphatic heterocycles. The predicted octanol–water partition coefficient (Wildman–Crippen LogP) is 10.8. The second-order valence-electron chi connectivity index (χ2n) is 12.5. The van der Waals surface area contributed by atoms with Gasteiger partial charge in [-0.2, -0.15) is 0 Å². The summed E-state index contributed by atoms with van der Waals surface area (Å²) in [6, 6.07) is 59.5. The Bertz CT molecular complexity index is 2190. The highest BCUT2D eigenvalue weighted by atomic mass is 31.2. The van der Waals surface area contributed by atoms with E-state index in [2.05, 4.69) is 152 Å². The van der Waals surface area contributed by atoms with Gasteiger partial charge in [-0.15, -0.1) is 0 Å². The van der Waals surface area contributed by atoms with E-state index in [9.17, 15) is 4.57 Å². The monoisotopic (exact) mass is 596 g/mol. The van der Waals surface area contributed by atoms with Crippen LogP contribution in [0.2, 0.25) is 0 Å². The molecule has 0 radical (unpaired) electrons. The molecule has 0 saturated heterocycles. The Morgan fingerprint density at radius 1 is 0.422 bits per heavy atom. The maximum Gasteiger partial charge on any atom is 0.109 e. The molecule has 216 valence electrons. The summed E-state index contributed by atoms with van der Waals surface area (Å²) in [5, 5.41) is 3.42. The number of rotatable bonds is 5. The number of hydrogen-bond donors (Lipinski definition) is 0. The standard InChI is InChI=1S/C43H33OP/c1-45(2,44)38-24-21-31(22-25-38)30-17-19-32(20-18-30)35-23-26-39-40-27-33-11-9-10-12-34(33)28-42(40)43(41(39)29-35,36-13-5-3-6-14-36)37-15-7-4-8-16-37/h3-29H,1-2H3. The molecule has 0 amide bonds. The minimum absolute atomic E-state index is 0.451. The van der Waals surface area contributed by atoms with Gasteiger partial charge in [0.25, 0.3) is 0 Å². The third-order valence-corrected chi connectivity index (χ3v) is 11.0. The lowest BCUT2D eigenvalue weighted by Crippen LogP contribution is -2.28. The summed E-state index contributed by atoms with van der Waals surface area (Å²) >= 11 is 0. The summed E-state index contributed by atoms with van der Waals surface area (Å²) in [5.74, 6) is 0. The molecule has 1 nitrogen and oxygen atoms in total. The van der Waals surface area contributed by atoms with Gasteiger partial charge in [0.15, 0.2) is 0 Å². The summed E-state index contributed by atoms with van der Waals surface area (Å²) in [5.41, 5.74) is 12.0. The van der Waals surface area contributed by atoms with Gasteiger partial charge in [0, 0.05) is 5.30 Å². The number of fused-ring (bicyclic) bond motifs is 4. The highest BCUT2D eigenvalue weighted by molar-refractivity contribution is 7.70. The zero-order valence-corrected chi connectivity index (χ0v) is 26.3. The van der Waals surface area contributed by atoms with Gasteiger partial charge in [-0.25, -0.2) is 0 Å². The first kappa shape index (κ1) is 27.6. The van der Waals surface area contributed by atoms with Crippen molar-refractivity contribution in [2.24, 2.45) is 0 Å². The van der Waals surface area contributed by atoms with Gasteiger partial charge < -0.3 is 4.57 Å². The highest BCUT2D eigenvalue weighted by Crippen LogP contribution is 2.57. The summed E-state index contributed by atoms with van der Waals surface area (Å²) in [7, 11) is -2.27. The van der Waals surface area contributed by atoms with E-state index in [1.165, 1.54) is 55.3 Å². The third-order valence-electron chi connectivity index (χ3n) is 9.46. The van der Waals surface area contributed by atoms with Gasteiger partial charge in [-0.05, 0) is 97.9 Å². The molecule has 45 heavy (non-hydrogen) atoms. The average molecular weight is 597 g/mol. The fourth-order valence-electron chi connectivity index (χ4n) is 7.22. The van der Waals surface area contributed by atoms with E-state index in [1.54, 1.807) is 0 Å². The van der Waals surface area contributed by atoms with E-state index in [0.717, 1.165) is 16.4 Å². The van der Waals surface area contributed by atoms with E-state index in [1.807, 2.05) is 25.5 Å². The molecule has 0 aromatic heterocycles. The van der Waals surface area contributed by atoms with Gasteiger partial charge in [0.1, 0.15) is 7.14 Å². The Balaban J connectivity index is 1.31. The van der Waals surface area contributed by atoms with Crippen LogP contribution in [0.25, 0.3) is 44.2 Å². The Labute approximate surface area is 265 Å². The largest absolute Gasteiger partial charge is 0.319 e. The lowest BCUT2D eigenvalue weighted by atomic mass is 9.67. The van der Waals surface area contributed by atoms with Crippen molar-refractivity contribution in [3.8, 4) is 33.4 Å². The van der Waals surface area contributed by atoms with Crippen LogP contribution >= 0.6 is 7.14 Å². The molecule has 0 unspecified atom stereocenters. The summed E-state index contributed by atoms with van der Waals surface area (Å²) < 4.78 is 12.5. The van der Waals surface area contributed by atoms with Crippen LogP contribution in [0, 0.1) is 0 Å². The first-order chi connectivity index (χ1) is 21.9. The summed E-state index contributed by atoms with van der Waals surface area (Å²) in [6.45, 7) is 3.64. The Kier molecular flexibility index (Phi) is 6.48. The van der Waals surface area contributed by atoms with Crippen molar-refractivity contribution >= 4 is 23.2 Å². The molecule has 8 rings (SSSR count). The van der Waals surface area contributed by atoms with Crippen molar-refractivity contribution in [2.45, 2.75) is 5.41 Å². The Hall–Kier alpha value is -4.97. The minimum Gasteiger partial charge on any atom is -0.319 e. The maximum atomic E-state index is 12.5. The van der Waals surface area contributed by atoms with Crippen LogP contribution in [0.5, 0.6) is 0 Å². The number of hydrogen-bond acceptors (Lipinski definition) is 1. The van der Waals surface area contributed by atoms with Gasteiger partial charge in [0.05, 0.1) is 5.41 Å². The van der Waals surface area contributed by atoms with Crippen molar-refractivity contribution < 1.29 is 4.57 Å². The molecule has 0 fully saturated rings. The SMILES string of the molecule is CP(C)(=O)c1ccc(-c2ccc(-c3ccc4c(c3)C(c3ccccc3)(c3ccccc3)c3cc5ccccc5cc3-4)cc2)cc1. The van der Waals surface area contributed by atoms with Crippen LogP contribution < -0.4 is 5.30 Å². The molecule has 1 aliphatic rings. The normalized spacial score (nSPS) is 13.4. The van der Waals surface area contributed by atoms with Crippen LogP contribution in [0.1, 0.15) is 22.3 Å². The van der Waals surface area contributed by atoms with E-state index in [0.29, 0.717) is 0 Å². The van der Waals surface area contributed by atoms with Gasteiger partial charge in [0.2, 0.25) is 0 Å². The smallest absolute Gasteiger partial charge is 0.109 e. The molecular weight excluding hydrogens is 563 g/mol. The van der Waals surface area contributed by atoms with Crippen molar-refractivity contribution in [2.75, 3.05) is 13.3 Å². The Morgan fingerprint density at radius 3 is 1.42 bits per heavy atom. The van der Waals surface area contributed by atoms with Crippen LogP contribution in [0.4, 0.5) is 0 Å². The van der Waals surface area contributed by atoms with E-state index in [4.69, 9.17) is 0 Å². The van der Waals surface area contributed by atoms with Gasteiger partial charge in [-0.3, -0.25) is 0 Å². The topological polar surface area (TPSA) is 17.1 Å². The molecule has 0 heterocycles. The van der Waals surface area contributed by atoms with Gasteiger partial charge >= 0.3 is 0 Å². The second-order valence-corrected chi connectivity index (χ2v) is 15.7. The second kappa shape index (κ2) is 10.6. The fraction of sp³-hybridized carbons (Fsp3) is 0.0698. The van der Waals surface area contributed by atoms with Crippen molar-refractivity contribution in [3.63, 3.8) is 0 Å². The lowest BCUT2D eigenvalue weighted by molar-refractivity contribution is 0.588. The van der Waals surface area contributed by atoms with Crippen molar-refractivity contribution in [1.82, 2.24) is 0 Å². The molecular formula is C43H33OP. The van der Waals surface area contributed by atoms with Crippen molar-refractivity contribution in [1.29, 1.82) is 0 Å². The fourth-order valence-corrected chi connectivity index (χ4v) is 8.09. The molecule has 1 aliphatic carbocycles. The van der Waals surface area contributed by atoms with E-state index < -0.39 is 12.6 Å². The minimum atomic E-state index is -2.27. The summed E-state index contributed by atoms with van der Waals surface area (Å²) in [6.07, 6.45) is 0. The summed E-state index contributed by atoms with van der Waals surface area (Å²) in [4.78, 5) is 0. The molecule has 7 aromatic carbocycles. The quantitative estimate of drug-likeness (QED) is 0.181. The predicted molar refractivity (Wildman–Crippen MR) is 191 cm³/mol. The molecule has 0 spiro atoms. The van der Waals surface area contributed by atoms with Crippen LogP contribution in [-0.4, -0.2) is 13.3 Å². The zero-order chi connectivity index (χ0) is 30.6. The lowest BCUT2D eigenvalue weighted by Gasteiger charge is -2.34. The average Bonchev–Trinajstić information content (AvgIpc) is 3.37. The third kappa shape index (κ3) is 4.50. The van der Waals surface area contributed by atoms with E-state index >= 15 is 0 Å².